The average Bonchev–Trinajstić information content (AvgIpc) is 3.04. The quantitative estimate of drug-likeness (QED) is 0.267. The minimum atomic E-state index is -0.816. The highest BCUT2D eigenvalue weighted by molar-refractivity contribution is 5.91. The number of halogens is 1. The smallest absolute Gasteiger partial charge is 0.246 e. The predicted molar refractivity (Wildman–Crippen MR) is 166 cm³/mol. The first-order chi connectivity index (χ1) is 20.9. The summed E-state index contributed by atoms with van der Waals surface area (Å²) < 4.78 is 19.1. The number of nitrogens with zero attached hydrogens (tertiary/aromatic N) is 2. The first kappa shape index (κ1) is 29.7. The van der Waals surface area contributed by atoms with Crippen molar-refractivity contribution < 1.29 is 18.7 Å². The van der Waals surface area contributed by atoms with E-state index in [-0.39, 0.29) is 30.7 Å². The molecule has 7 heteroatoms. The number of ether oxygens (including phenoxy) is 1. The van der Waals surface area contributed by atoms with Crippen molar-refractivity contribution >= 4 is 11.8 Å². The van der Waals surface area contributed by atoms with Crippen LogP contribution in [0.25, 0.3) is 0 Å². The van der Waals surface area contributed by atoms with Gasteiger partial charge in [-0.2, -0.15) is 0 Å². The Morgan fingerprint density at radius 1 is 0.884 bits per heavy atom. The van der Waals surface area contributed by atoms with Gasteiger partial charge in [0, 0.05) is 19.5 Å². The van der Waals surface area contributed by atoms with E-state index in [9.17, 15) is 14.0 Å². The maximum absolute atomic E-state index is 14.7. The number of hydrogen-bond donors (Lipinski definition) is 1. The Balaban J connectivity index is 1.55. The van der Waals surface area contributed by atoms with Crippen LogP contribution in [0.5, 0.6) is 5.75 Å². The highest BCUT2D eigenvalue weighted by Gasteiger charge is 2.38. The van der Waals surface area contributed by atoms with Crippen LogP contribution >= 0.6 is 0 Å². The number of benzene rings is 4. The van der Waals surface area contributed by atoms with Crippen molar-refractivity contribution in [2.24, 2.45) is 5.73 Å². The highest BCUT2D eigenvalue weighted by Crippen LogP contribution is 2.30. The topological polar surface area (TPSA) is 75.9 Å². The molecular formula is C36H36FN3O3. The van der Waals surface area contributed by atoms with Crippen molar-refractivity contribution in [1.82, 2.24) is 9.80 Å². The van der Waals surface area contributed by atoms with Crippen LogP contribution in [0.3, 0.4) is 0 Å². The van der Waals surface area contributed by atoms with Crippen LogP contribution in [0.1, 0.15) is 28.3 Å². The summed E-state index contributed by atoms with van der Waals surface area (Å²) in [6, 6.07) is 31.0. The van der Waals surface area contributed by atoms with E-state index in [0.29, 0.717) is 18.6 Å². The van der Waals surface area contributed by atoms with Gasteiger partial charge in [0.05, 0.1) is 19.2 Å². The van der Waals surface area contributed by atoms with Gasteiger partial charge in [0.25, 0.3) is 0 Å². The molecule has 4 aromatic rings. The van der Waals surface area contributed by atoms with E-state index in [1.165, 1.54) is 12.1 Å². The maximum Gasteiger partial charge on any atom is 0.246 e. The number of rotatable bonds is 9. The summed E-state index contributed by atoms with van der Waals surface area (Å²) in [5, 5.41) is 0. The summed E-state index contributed by atoms with van der Waals surface area (Å²) >= 11 is 0. The molecule has 1 aliphatic heterocycles. The van der Waals surface area contributed by atoms with Gasteiger partial charge in [0.1, 0.15) is 17.6 Å². The molecule has 1 heterocycles. The lowest BCUT2D eigenvalue weighted by molar-refractivity contribution is -0.148. The van der Waals surface area contributed by atoms with Crippen molar-refractivity contribution in [3.8, 4) is 5.75 Å². The van der Waals surface area contributed by atoms with Crippen LogP contribution in [0.2, 0.25) is 0 Å². The molecular weight excluding hydrogens is 541 g/mol. The van der Waals surface area contributed by atoms with Crippen LogP contribution in [-0.4, -0.2) is 47.4 Å². The third-order valence-corrected chi connectivity index (χ3v) is 7.79. The normalized spacial score (nSPS) is 18.4. The van der Waals surface area contributed by atoms with Crippen molar-refractivity contribution in [3.05, 3.63) is 149 Å². The molecule has 0 fully saturated rings. The van der Waals surface area contributed by atoms with Gasteiger partial charge < -0.3 is 20.3 Å². The first-order valence-electron chi connectivity index (χ1n) is 14.4. The highest BCUT2D eigenvalue weighted by atomic mass is 19.1. The third kappa shape index (κ3) is 7.37. The van der Waals surface area contributed by atoms with Crippen molar-refractivity contribution in [1.29, 1.82) is 0 Å². The van der Waals surface area contributed by atoms with E-state index in [0.717, 1.165) is 22.3 Å². The molecule has 0 radical (unpaired) electrons. The number of carbonyl (C=O) groups is 2. The van der Waals surface area contributed by atoms with Gasteiger partial charge in [-0.05, 0) is 52.9 Å². The number of nitrogens with two attached hydrogens (primary N) is 1. The fourth-order valence-corrected chi connectivity index (χ4v) is 5.50. The van der Waals surface area contributed by atoms with Gasteiger partial charge in [-0.15, -0.1) is 0 Å². The van der Waals surface area contributed by atoms with Gasteiger partial charge in [0.2, 0.25) is 11.8 Å². The zero-order chi connectivity index (χ0) is 30.2. The second-order valence-corrected chi connectivity index (χ2v) is 10.7. The third-order valence-electron chi connectivity index (χ3n) is 7.79. The lowest BCUT2D eigenvalue weighted by atomic mass is 9.96. The average molecular weight is 578 g/mol. The Labute approximate surface area is 252 Å². The molecule has 4 aromatic carbocycles. The summed E-state index contributed by atoms with van der Waals surface area (Å²) in [6.07, 6.45) is 4.57. The van der Waals surface area contributed by atoms with Crippen LogP contribution in [0.4, 0.5) is 4.39 Å². The van der Waals surface area contributed by atoms with E-state index in [2.05, 4.69) is 0 Å². The van der Waals surface area contributed by atoms with E-state index >= 15 is 0 Å². The molecule has 0 aliphatic carbocycles. The lowest BCUT2D eigenvalue weighted by Gasteiger charge is -2.40. The van der Waals surface area contributed by atoms with E-state index in [1.54, 1.807) is 29.0 Å². The van der Waals surface area contributed by atoms with Gasteiger partial charge in [-0.1, -0.05) is 97.1 Å². The molecule has 220 valence electrons. The Morgan fingerprint density at radius 3 is 2.14 bits per heavy atom. The maximum atomic E-state index is 14.7. The Hall–Kier alpha value is -4.75. The fourth-order valence-electron chi connectivity index (χ4n) is 5.50. The Morgan fingerprint density at radius 2 is 1.51 bits per heavy atom. The molecule has 43 heavy (non-hydrogen) atoms. The van der Waals surface area contributed by atoms with Crippen molar-refractivity contribution in [3.63, 3.8) is 0 Å². The minimum Gasteiger partial charge on any atom is -0.497 e. The molecule has 2 N–H and O–H groups in total. The SMILES string of the molecule is COc1ccc([C@H]2/C=C\CN(C(=O)[C@H](N)Cc3ccccc3)[C@@H](Cc3ccccc3)C(=O)N2Cc2ccc(F)cc2)cc1. The van der Waals surface area contributed by atoms with Gasteiger partial charge in [-0.3, -0.25) is 9.59 Å². The second kappa shape index (κ2) is 13.9. The first-order valence-corrected chi connectivity index (χ1v) is 14.4. The summed E-state index contributed by atoms with van der Waals surface area (Å²) in [4.78, 5) is 32.1. The zero-order valence-electron chi connectivity index (χ0n) is 24.2. The second-order valence-electron chi connectivity index (χ2n) is 10.7. The molecule has 5 rings (SSSR count). The van der Waals surface area contributed by atoms with Crippen LogP contribution < -0.4 is 10.5 Å². The molecule has 0 bridgehead atoms. The van der Waals surface area contributed by atoms with Crippen molar-refractivity contribution in [2.45, 2.75) is 37.5 Å². The zero-order valence-corrected chi connectivity index (χ0v) is 24.2. The van der Waals surface area contributed by atoms with Crippen molar-refractivity contribution in [2.75, 3.05) is 13.7 Å². The van der Waals surface area contributed by atoms with Gasteiger partial charge >= 0.3 is 0 Å². The fraction of sp³-hybridized carbons (Fsp3) is 0.222. The monoisotopic (exact) mass is 577 g/mol. The van der Waals surface area contributed by atoms with Gasteiger partial charge in [0.15, 0.2) is 0 Å². The summed E-state index contributed by atoms with van der Waals surface area (Å²) in [5.41, 5.74) is 10.1. The molecule has 6 nitrogen and oxygen atoms in total. The van der Waals surface area contributed by atoms with E-state index < -0.39 is 18.1 Å². The molecule has 0 unspecified atom stereocenters. The Bertz CT molecular complexity index is 1530. The van der Waals surface area contributed by atoms with Crippen LogP contribution in [0.15, 0.2) is 121 Å². The Kier molecular flexibility index (Phi) is 9.64. The largest absolute Gasteiger partial charge is 0.497 e. The summed E-state index contributed by atoms with van der Waals surface area (Å²) in [5.74, 6) is -0.132. The molecule has 0 aromatic heterocycles. The molecule has 3 atom stereocenters. The molecule has 1 aliphatic rings. The van der Waals surface area contributed by atoms with E-state index in [4.69, 9.17) is 10.5 Å². The molecule has 0 saturated carbocycles. The van der Waals surface area contributed by atoms with Gasteiger partial charge in [-0.25, -0.2) is 4.39 Å². The minimum absolute atomic E-state index is 0.210. The number of amides is 2. The number of carbonyl (C=O) groups excluding carboxylic acids is 2. The standard InChI is InChI=1S/C36H36FN3O3/c1-43-31-20-16-29(17-21-31)33-13-8-22-39(35(41)32(38)23-26-9-4-2-5-10-26)34(24-27-11-6-3-7-12-27)36(42)40(33)25-28-14-18-30(37)19-15-28/h2-21,32-34H,22-25,38H2,1H3/b13-8-/t32-,33-,34+/m1/s1. The van der Waals surface area contributed by atoms with Crippen LogP contribution in [0, 0.1) is 5.82 Å². The molecule has 2 amide bonds. The summed E-state index contributed by atoms with van der Waals surface area (Å²) in [7, 11) is 1.61. The molecule has 0 spiro atoms. The molecule has 0 saturated heterocycles. The van der Waals surface area contributed by atoms with Crippen LogP contribution in [-0.2, 0) is 29.0 Å². The predicted octanol–water partition coefficient (Wildman–Crippen LogP) is 5.48. The van der Waals surface area contributed by atoms with E-state index in [1.807, 2.05) is 97.1 Å². The lowest BCUT2D eigenvalue weighted by Crippen LogP contribution is -2.57. The number of methoxy groups -OCH3 is 1. The summed E-state index contributed by atoms with van der Waals surface area (Å²) in [6.45, 7) is 0.463. The number of hydrogen-bond acceptors (Lipinski definition) is 4.